The largest absolute Gasteiger partial charge is 0.481 e. The topological polar surface area (TPSA) is 78.4 Å². The molecule has 24 heavy (non-hydrogen) atoms. The smallest absolute Gasteiger partial charge is 0.308 e. The summed E-state index contributed by atoms with van der Waals surface area (Å²) in [6.45, 7) is 3.38. The summed E-state index contributed by atoms with van der Waals surface area (Å²) < 4.78 is 0. The lowest BCUT2D eigenvalue weighted by atomic mass is 9.98. The second-order valence-electron chi connectivity index (χ2n) is 6.01. The average Bonchev–Trinajstić information content (AvgIpc) is 2.62. The number of aliphatic carboxylic acids is 1. The van der Waals surface area contributed by atoms with Crippen LogP contribution in [0, 0.1) is 5.92 Å². The van der Waals surface area contributed by atoms with E-state index in [4.69, 9.17) is 0 Å². The van der Waals surface area contributed by atoms with Gasteiger partial charge in [-0.3, -0.25) is 4.79 Å². The number of rotatable bonds is 5. The Balaban J connectivity index is 1.85. The molecule has 0 saturated carbocycles. The number of para-hydroxylation sites is 1. The predicted molar refractivity (Wildman–Crippen MR) is 93.7 cm³/mol. The van der Waals surface area contributed by atoms with Crippen LogP contribution in [0.1, 0.15) is 25.5 Å². The van der Waals surface area contributed by atoms with E-state index in [1.807, 2.05) is 36.4 Å². The van der Waals surface area contributed by atoms with Crippen LogP contribution in [0.25, 0.3) is 0 Å². The van der Waals surface area contributed by atoms with E-state index < -0.39 is 5.97 Å². The minimum absolute atomic E-state index is 0.329. The first kappa shape index (κ1) is 16.2. The van der Waals surface area contributed by atoms with E-state index in [2.05, 4.69) is 27.1 Å². The molecule has 1 fully saturated rings. The molecule has 6 heteroatoms. The summed E-state index contributed by atoms with van der Waals surface area (Å²) in [6, 6.07) is 11.7. The first-order valence-corrected chi connectivity index (χ1v) is 8.33. The Hall–Kier alpha value is -2.63. The molecule has 2 aromatic rings. The Morgan fingerprint density at radius 3 is 2.83 bits per heavy atom. The lowest BCUT2D eigenvalue weighted by Gasteiger charge is -2.31. The third kappa shape index (κ3) is 3.82. The zero-order valence-electron chi connectivity index (χ0n) is 13.8. The van der Waals surface area contributed by atoms with Gasteiger partial charge in [-0.05, 0) is 31.4 Å². The number of nitrogens with one attached hydrogen (secondary N) is 1. The van der Waals surface area contributed by atoms with Crippen LogP contribution in [0.5, 0.6) is 0 Å². The Morgan fingerprint density at radius 1 is 1.33 bits per heavy atom. The Labute approximate surface area is 141 Å². The molecule has 126 valence electrons. The quantitative estimate of drug-likeness (QED) is 0.879. The molecule has 0 spiro atoms. The second kappa shape index (κ2) is 7.29. The number of hydrogen-bond donors (Lipinski definition) is 2. The number of carboxylic acids is 1. The minimum Gasteiger partial charge on any atom is -0.481 e. The van der Waals surface area contributed by atoms with Crippen LogP contribution in [0.15, 0.2) is 36.4 Å². The van der Waals surface area contributed by atoms with Gasteiger partial charge in [-0.2, -0.15) is 4.98 Å². The predicted octanol–water partition coefficient (Wildman–Crippen LogP) is 3.08. The molecule has 2 N–H and O–H groups in total. The molecule has 0 aliphatic carbocycles. The number of aromatic nitrogens is 2. The van der Waals surface area contributed by atoms with Gasteiger partial charge in [-0.1, -0.05) is 25.1 Å². The van der Waals surface area contributed by atoms with E-state index in [9.17, 15) is 9.90 Å². The number of carboxylic acid groups (broad SMARTS) is 1. The highest BCUT2D eigenvalue weighted by Gasteiger charge is 2.26. The number of aryl methyl sites for hydroxylation is 1. The number of nitrogens with zero attached hydrogens (tertiary/aromatic N) is 3. The highest BCUT2D eigenvalue weighted by molar-refractivity contribution is 5.71. The fraction of sp³-hybridized carbons (Fsp3) is 0.389. The number of anilines is 3. The molecule has 1 saturated heterocycles. The highest BCUT2D eigenvalue weighted by atomic mass is 16.4. The summed E-state index contributed by atoms with van der Waals surface area (Å²) in [7, 11) is 0. The SMILES string of the molecule is CCc1cc(N2CCCC(C(=O)O)C2)nc(Nc2ccccc2)n1. The molecule has 1 atom stereocenters. The van der Waals surface area contributed by atoms with E-state index in [1.165, 1.54) is 0 Å². The number of hydrogen-bond acceptors (Lipinski definition) is 5. The summed E-state index contributed by atoms with van der Waals surface area (Å²) in [4.78, 5) is 22.5. The molecule has 0 radical (unpaired) electrons. The fourth-order valence-corrected chi connectivity index (χ4v) is 2.92. The molecule has 1 aromatic carbocycles. The summed E-state index contributed by atoms with van der Waals surface area (Å²) in [5.41, 5.74) is 1.87. The van der Waals surface area contributed by atoms with Crippen LogP contribution in [-0.4, -0.2) is 34.1 Å². The van der Waals surface area contributed by atoms with Gasteiger partial charge >= 0.3 is 5.97 Å². The van der Waals surface area contributed by atoms with Crippen LogP contribution < -0.4 is 10.2 Å². The third-order valence-corrected chi connectivity index (χ3v) is 4.25. The van der Waals surface area contributed by atoms with Crippen molar-refractivity contribution in [3.05, 3.63) is 42.1 Å². The van der Waals surface area contributed by atoms with Gasteiger partial charge in [0.05, 0.1) is 5.92 Å². The first-order chi connectivity index (χ1) is 11.7. The van der Waals surface area contributed by atoms with Crippen molar-refractivity contribution in [2.75, 3.05) is 23.3 Å². The van der Waals surface area contributed by atoms with Gasteiger partial charge < -0.3 is 15.3 Å². The van der Waals surface area contributed by atoms with Crippen LogP contribution in [0.2, 0.25) is 0 Å². The number of carbonyl (C=O) groups is 1. The molecular formula is C18H22N4O2. The Morgan fingerprint density at radius 2 is 2.12 bits per heavy atom. The van der Waals surface area contributed by atoms with Crippen molar-refractivity contribution in [3.8, 4) is 0 Å². The first-order valence-electron chi connectivity index (χ1n) is 8.33. The zero-order chi connectivity index (χ0) is 16.9. The van der Waals surface area contributed by atoms with Crippen molar-refractivity contribution in [3.63, 3.8) is 0 Å². The van der Waals surface area contributed by atoms with Gasteiger partial charge in [-0.15, -0.1) is 0 Å². The Bertz CT molecular complexity index is 705. The highest BCUT2D eigenvalue weighted by Crippen LogP contribution is 2.24. The van der Waals surface area contributed by atoms with Gasteiger partial charge in [0, 0.05) is 30.5 Å². The van der Waals surface area contributed by atoms with Crippen LogP contribution >= 0.6 is 0 Å². The van der Waals surface area contributed by atoms with E-state index >= 15 is 0 Å². The lowest BCUT2D eigenvalue weighted by Crippen LogP contribution is -2.39. The van der Waals surface area contributed by atoms with E-state index in [1.54, 1.807) is 0 Å². The van der Waals surface area contributed by atoms with Crippen molar-refractivity contribution >= 4 is 23.4 Å². The van der Waals surface area contributed by atoms with Gasteiger partial charge in [-0.25, -0.2) is 4.98 Å². The second-order valence-corrected chi connectivity index (χ2v) is 6.01. The van der Waals surface area contributed by atoms with Crippen LogP contribution in [0.3, 0.4) is 0 Å². The molecule has 3 rings (SSSR count). The monoisotopic (exact) mass is 326 g/mol. The number of piperidine rings is 1. The third-order valence-electron chi connectivity index (χ3n) is 4.25. The van der Waals surface area contributed by atoms with Gasteiger partial charge in [0.25, 0.3) is 0 Å². The molecule has 6 nitrogen and oxygen atoms in total. The van der Waals surface area contributed by atoms with E-state index in [-0.39, 0.29) is 5.92 Å². The summed E-state index contributed by atoms with van der Waals surface area (Å²) in [5, 5.41) is 12.5. The van der Waals surface area contributed by atoms with Crippen molar-refractivity contribution in [2.45, 2.75) is 26.2 Å². The minimum atomic E-state index is -0.730. The van der Waals surface area contributed by atoms with Crippen LogP contribution in [-0.2, 0) is 11.2 Å². The summed E-state index contributed by atoms with van der Waals surface area (Å²) in [5.74, 6) is 0.288. The van der Waals surface area contributed by atoms with Crippen molar-refractivity contribution in [1.82, 2.24) is 9.97 Å². The fourth-order valence-electron chi connectivity index (χ4n) is 2.92. The molecule has 0 amide bonds. The van der Waals surface area contributed by atoms with Crippen LogP contribution in [0.4, 0.5) is 17.5 Å². The summed E-state index contributed by atoms with van der Waals surface area (Å²) >= 11 is 0. The lowest BCUT2D eigenvalue weighted by molar-refractivity contribution is -0.141. The van der Waals surface area contributed by atoms with Gasteiger partial charge in [0.1, 0.15) is 5.82 Å². The summed E-state index contributed by atoms with van der Waals surface area (Å²) in [6.07, 6.45) is 2.39. The molecule has 1 unspecified atom stereocenters. The zero-order valence-corrected chi connectivity index (χ0v) is 13.8. The number of benzene rings is 1. The van der Waals surface area contributed by atoms with Crippen molar-refractivity contribution in [1.29, 1.82) is 0 Å². The maximum atomic E-state index is 11.3. The molecule has 2 heterocycles. The molecular weight excluding hydrogens is 304 g/mol. The molecule has 0 bridgehead atoms. The Kier molecular flexibility index (Phi) is 4.93. The molecule has 1 aliphatic heterocycles. The average molecular weight is 326 g/mol. The van der Waals surface area contributed by atoms with E-state index in [0.29, 0.717) is 12.5 Å². The van der Waals surface area contributed by atoms with Gasteiger partial charge in [0.2, 0.25) is 5.95 Å². The molecule has 1 aromatic heterocycles. The standard InChI is InChI=1S/C18H22N4O2/c1-2-14-11-16(22-10-6-7-13(12-22)17(23)24)21-18(19-14)20-15-8-4-3-5-9-15/h3-5,8-9,11,13H,2,6-7,10,12H2,1H3,(H,23,24)(H,19,20,21). The van der Waals surface area contributed by atoms with Crippen molar-refractivity contribution in [2.24, 2.45) is 5.92 Å². The molecule has 1 aliphatic rings. The van der Waals surface area contributed by atoms with E-state index in [0.717, 1.165) is 43.0 Å². The van der Waals surface area contributed by atoms with Gasteiger partial charge in [0.15, 0.2) is 0 Å². The normalized spacial score (nSPS) is 17.5. The van der Waals surface area contributed by atoms with Crippen molar-refractivity contribution < 1.29 is 9.90 Å². The maximum absolute atomic E-state index is 11.3. The maximum Gasteiger partial charge on any atom is 0.308 e.